The SMILES string of the molecule is Cc1nc(Oc2ccc(NC(=O)CCC3CCCCC3)cc2)cc(-n2cccn2)n1. The number of carbonyl (C=O) groups is 1. The predicted octanol–water partition coefficient (Wildman–Crippen LogP) is 5.06. The standard InChI is InChI=1S/C23H27N5O2/c1-17-25-21(28-15-5-14-24-28)16-23(26-17)30-20-11-9-19(10-12-20)27-22(29)13-8-18-6-3-2-4-7-18/h5,9-12,14-16,18H,2-4,6-8,13H2,1H3,(H,27,29). The number of amides is 1. The summed E-state index contributed by atoms with van der Waals surface area (Å²) in [4.78, 5) is 21.0. The maximum atomic E-state index is 12.3. The second-order valence-electron chi connectivity index (χ2n) is 7.78. The monoisotopic (exact) mass is 405 g/mol. The van der Waals surface area contributed by atoms with Crippen LogP contribution in [0.25, 0.3) is 5.82 Å². The minimum Gasteiger partial charge on any atom is -0.439 e. The summed E-state index contributed by atoms with van der Waals surface area (Å²) in [6.07, 6.45) is 11.6. The highest BCUT2D eigenvalue weighted by Crippen LogP contribution is 2.27. The average Bonchev–Trinajstić information content (AvgIpc) is 3.29. The number of benzene rings is 1. The molecule has 2 heterocycles. The Morgan fingerprint density at radius 1 is 1.17 bits per heavy atom. The molecule has 7 heteroatoms. The second kappa shape index (κ2) is 9.52. The van der Waals surface area contributed by atoms with Crippen molar-refractivity contribution in [2.45, 2.75) is 51.9 Å². The highest BCUT2D eigenvalue weighted by Gasteiger charge is 2.15. The summed E-state index contributed by atoms with van der Waals surface area (Å²) in [6, 6.07) is 10.9. The Balaban J connectivity index is 1.33. The van der Waals surface area contributed by atoms with Crippen LogP contribution in [-0.4, -0.2) is 25.7 Å². The van der Waals surface area contributed by atoms with Crippen LogP contribution >= 0.6 is 0 Å². The lowest BCUT2D eigenvalue weighted by atomic mass is 9.86. The van der Waals surface area contributed by atoms with E-state index in [1.165, 1.54) is 32.1 Å². The number of nitrogens with one attached hydrogen (secondary N) is 1. The van der Waals surface area contributed by atoms with Gasteiger partial charge < -0.3 is 10.1 Å². The predicted molar refractivity (Wildman–Crippen MR) is 115 cm³/mol. The van der Waals surface area contributed by atoms with E-state index in [4.69, 9.17) is 4.74 Å². The summed E-state index contributed by atoms with van der Waals surface area (Å²) in [6.45, 7) is 1.81. The summed E-state index contributed by atoms with van der Waals surface area (Å²) >= 11 is 0. The first-order valence-corrected chi connectivity index (χ1v) is 10.6. The Hall–Kier alpha value is -3.22. The quantitative estimate of drug-likeness (QED) is 0.594. The van der Waals surface area contributed by atoms with Gasteiger partial charge in [0.05, 0.1) is 0 Å². The molecule has 156 valence electrons. The van der Waals surface area contributed by atoms with E-state index in [2.05, 4.69) is 20.4 Å². The minimum absolute atomic E-state index is 0.0736. The van der Waals surface area contributed by atoms with Crippen molar-refractivity contribution in [3.63, 3.8) is 0 Å². The van der Waals surface area contributed by atoms with Gasteiger partial charge in [0.2, 0.25) is 11.8 Å². The Bertz CT molecular complexity index is 964. The topological polar surface area (TPSA) is 81.9 Å². The van der Waals surface area contributed by atoms with Crippen LogP contribution in [0, 0.1) is 12.8 Å². The molecular formula is C23H27N5O2. The van der Waals surface area contributed by atoms with E-state index in [9.17, 15) is 4.79 Å². The molecule has 1 fully saturated rings. The Morgan fingerprint density at radius 2 is 1.97 bits per heavy atom. The first-order valence-electron chi connectivity index (χ1n) is 10.6. The number of hydrogen-bond acceptors (Lipinski definition) is 5. The maximum Gasteiger partial charge on any atom is 0.224 e. The summed E-state index contributed by atoms with van der Waals surface area (Å²) < 4.78 is 7.54. The van der Waals surface area contributed by atoms with E-state index >= 15 is 0 Å². The molecule has 0 atom stereocenters. The van der Waals surface area contributed by atoms with Crippen LogP contribution in [0.2, 0.25) is 0 Å². The number of hydrogen-bond donors (Lipinski definition) is 1. The highest BCUT2D eigenvalue weighted by atomic mass is 16.5. The smallest absolute Gasteiger partial charge is 0.224 e. The number of ether oxygens (including phenoxy) is 1. The van der Waals surface area contributed by atoms with E-state index in [1.54, 1.807) is 16.9 Å². The molecule has 1 aliphatic rings. The van der Waals surface area contributed by atoms with Crippen LogP contribution in [0.5, 0.6) is 11.6 Å². The van der Waals surface area contributed by atoms with Gasteiger partial charge in [-0.25, -0.2) is 9.67 Å². The molecule has 0 radical (unpaired) electrons. The number of aryl methyl sites for hydroxylation is 1. The minimum atomic E-state index is 0.0736. The molecule has 1 aliphatic carbocycles. The fourth-order valence-corrected chi connectivity index (χ4v) is 3.86. The molecule has 0 bridgehead atoms. The van der Waals surface area contributed by atoms with Gasteiger partial charge in [0.25, 0.3) is 0 Å². The first-order chi connectivity index (χ1) is 14.7. The van der Waals surface area contributed by atoms with Crippen LogP contribution in [0.3, 0.4) is 0 Å². The van der Waals surface area contributed by atoms with Crippen molar-refractivity contribution >= 4 is 11.6 Å². The van der Waals surface area contributed by atoms with Gasteiger partial charge in [-0.05, 0) is 49.6 Å². The van der Waals surface area contributed by atoms with Crippen molar-refractivity contribution < 1.29 is 9.53 Å². The summed E-state index contributed by atoms with van der Waals surface area (Å²) in [7, 11) is 0. The lowest BCUT2D eigenvalue weighted by molar-refractivity contribution is -0.116. The third-order valence-corrected chi connectivity index (χ3v) is 5.40. The lowest BCUT2D eigenvalue weighted by Gasteiger charge is -2.21. The van der Waals surface area contributed by atoms with Crippen molar-refractivity contribution in [1.29, 1.82) is 0 Å². The molecule has 1 N–H and O–H groups in total. The van der Waals surface area contributed by atoms with Gasteiger partial charge in [-0.2, -0.15) is 10.1 Å². The first kappa shape index (κ1) is 20.1. The zero-order valence-corrected chi connectivity index (χ0v) is 17.3. The molecule has 7 nitrogen and oxygen atoms in total. The molecule has 30 heavy (non-hydrogen) atoms. The van der Waals surface area contributed by atoms with Crippen molar-refractivity contribution in [1.82, 2.24) is 19.7 Å². The number of anilines is 1. The Morgan fingerprint density at radius 3 is 2.70 bits per heavy atom. The second-order valence-corrected chi connectivity index (χ2v) is 7.78. The summed E-state index contributed by atoms with van der Waals surface area (Å²) in [5.41, 5.74) is 0.770. The third-order valence-electron chi connectivity index (χ3n) is 5.40. The third kappa shape index (κ3) is 5.43. The van der Waals surface area contributed by atoms with Crippen LogP contribution < -0.4 is 10.1 Å². The largest absolute Gasteiger partial charge is 0.439 e. The molecule has 0 aliphatic heterocycles. The van der Waals surface area contributed by atoms with Gasteiger partial charge in [0.15, 0.2) is 5.82 Å². The van der Waals surface area contributed by atoms with Crippen molar-refractivity contribution in [2.75, 3.05) is 5.32 Å². The van der Waals surface area contributed by atoms with Crippen molar-refractivity contribution in [3.05, 3.63) is 54.6 Å². The molecule has 1 amide bonds. The summed E-state index contributed by atoms with van der Waals surface area (Å²) in [5.74, 6) is 3.11. The average molecular weight is 406 g/mol. The molecule has 0 saturated heterocycles. The van der Waals surface area contributed by atoms with Crippen LogP contribution in [0.1, 0.15) is 50.8 Å². The fourth-order valence-electron chi connectivity index (χ4n) is 3.86. The molecule has 0 unspecified atom stereocenters. The highest BCUT2D eigenvalue weighted by molar-refractivity contribution is 5.90. The zero-order valence-electron chi connectivity index (χ0n) is 17.3. The van der Waals surface area contributed by atoms with Gasteiger partial charge in [-0.1, -0.05) is 32.1 Å². The van der Waals surface area contributed by atoms with E-state index < -0.39 is 0 Å². The molecule has 1 saturated carbocycles. The fraction of sp³-hybridized carbons (Fsp3) is 0.391. The Labute approximate surface area is 176 Å². The number of nitrogens with zero attached hydrogens (tertiary/aromatic N) is 4. The lowest BCUT2D eigenvalue weighted by Crippen LogP contribution is -2.14. The van der Waals surface area contributed by atoms with Gasteiger partial charge in [0, 0.05) is 30.6 Å². The number of rotatable bonds is 7. The zero-order chi connectivity index (χ0) is 20.8. The van der Waals surface area contributed by atoms with Crippen LogP contribution in [0.15, 0.2) is 48.8 Å². The van der Waals surface area contributed by atoms with E-state index in [1.807, 2.05) is 43.5 Å². The van der Waals surface area contributed by atoms with Gasteiger partial charge >= 0.3 is 0 Å². The van der Waals surface area contributed by atoms with Gasteiger partial charge in [0.1, 0.15) is 11.6 Å². The van der Waals surface area contributed by atoms with E-state index in [0.29, 0.717) is 35.6 Å². The molecule has 1 aromatic carbocycles. The summed E-state index contributed by atoms with van der Waals surface area (Å²) in [5, 5.41) is 7.17. The van der Waals surface area contributed by atoms with Gasteiger partial charge in [-0.3, -0.25) is 4.79 Å². The molecular weight excluding hydrogens is 378 g/mol. The van der Waals surface area contributed by atoms with E-state index in [0.717, 1.165) is 12.1 Å². The normalized spacial score (nSPS) is 14.4. The van der Waals surface area contributed by atoms with Crippen LogP contribution in [-0.2, 0) is 4.79 Å². The number of carbonyl (C=O) groups excluding carboxylic acids is 1. The van der Waals surface area contributed by atoms with Gasteiger partial charge in [-0.15, -0.1) is 0 Å². The molecule has 4 rings (SSSR count). The molecule has 0 spiro atoms. The van der Waals surface area contributed by atoms with Crippen LogP contribution in [0.4, 0.5) is 5.69 Å². The number of aromatic nitrogens is 4. The molecule has 2 aromatic heterocycles. The van der Waals surface area contributed by atoms with E-state index in [-0.39, 0.29) is 5.91 Å². The van der Waals surface area contributed by atoms with Crippen molar-refractivity contribution in [3.8, 4) is 17.4 Å². The molecule has 3 aromatic rings. The maximum absolute atomic E-state index is 12.3. The Kier molecular flexibility index (Phi) is 6.37. The van der Waals surface area contributed by atoms with Crippen molar-refractivity contribution in [2.24, 2.45) is 5.92 Å².